The Morgan fingerprint density at radius 2 is 2.03 bits per heavy atom. The van der Waals surface area contributed by atoms with E-state index in [-0.39, 0.29) is 18.8 Å². The van der Waals surface area contributed by atoms with Crippen LogP contribution in [0.2, 0.25) is 0 Å². The first-order valence-electron chi connectivity index (χ1n) is 9.48. The number of thiazole rings is 1. The molecule has 2 heterocycles. The molecule has 32 heavy (non-hydrogen) atoms. The molecule has 11 heteroatoms. The summed E-state index contributed by atoms with van der Waals surface area (Å²) in [4.78, 5) is 29.8. The lowest BCUT2D eigenvalue weighted by molar-refractivity contribution is -0.119. The van der Waals surface area contributed by atoms with E-state index in [1.54, 1.807) is 0 Å². The molecule has 2 N–H and O–H groups in total. The molecule has 0 aliphatic heterocycles. The fourth-order valence-electron chi connectivity index (χ4n) is 2.68. The summed E-state index contributed by atoms with van der Waals surface area (Å²) in [6.45, 7) is 3.65. The van der Waals surface area contributed by atoms with E-state index < -0.39 is 27.9 Å². The van der Waals surface area contributed by atoms with Gasteiger partial charge in [-0.3, -0.25) is 13.6 Å². The topological polar surface area (TPSA) is 119 Å². The Labute approximate surface area is 189 Å². The highest BCUT2D eigenvalue weighted by Crippen LogP contribution is 2.24. The van der Waals surface area contributed by atoms with E-state index in [2.05, 4.69) is 22.2 Å². The van der Waals surface area contributed by atoms with E-state index in [9.17, 15) is 18.0 Å². The minimum Gasteiger partial charge on any atom is -0.375 e. The SMILES string of the molecule is C=CCOC[C@H](NC(=O)c1ccn(S(C)(=O)=O)c1)C(=O)Nc1nc(-c2ccccc2)cs1. The van der Waals surface area contributed by atoms with Gasteiger partial charge in [0.1, 0.15) is 6.04 Å². The highest BCUT2D eigenvalue weighted by atomic mass is 32.2. The van der Waals surface area contributed by atoms with Crippen molar-refractivity contribution in [3.05, 3.63) is 72.4 Å². The van der Waals surface area contributed by atoms with Crippen LogP contribution in [0, 0.1) is 0 Å². The number of ether oxygens (including phenoxy) is 1. The van der Waals surface area contributed by atoms with Gasteiger partial charge in [-0.1, -0.05) is 36.4 Å². The van der Waals surface area contributed by atoms with Gasteiger partial charge in [-0.05, 0) is 6.07 Å². The van der Waals surface area contributed by atoms with Crippen molar-refractivity contribution >= 4 is 38.3 Å². The molecule has 0 unspecified atom stereocenters. The second-order valence-electron chi connectivity index (χ2n) is 6.74. The van der Waals surface area contributed by atoms with Crippen molar-refractivity contribution < 1.29 is 22.7 Å². The van der Waals surface area contributed by atoms with Crippen molar-refractivity contribution in [3.63, 3.8) is 0 Å². The van der Waals surface area contributed by atoms with Crippen LogP contribution >= 0.6 is 11.3 Å². The molecule has 0 fully saturated rings. The maximum absolute atomic E-state index is 12.8. The van der Waals surface area contributed by atoms with Gasteiger partial charge in [-0.2, -0.15) is 0 Å². The minimum atomic E-state index is -3.52. The van der Waals surface area contributed by atoms with E-state index in [0.29, 0.717) is 5.13 Å². The number of nitrogens with one attached hydrogen (secondary N) is 2. The molecule has 0 saturated heterocycles. The Kier molecular flexibility index (Phi) is 7.57. The van der Waals surface area contributed by atoms with Crippen molar-refractivity contribution in [2.45, 2.75) is 6.04 Å². The van der Waals surface area contributed by atoms with Gasteiger partial charge in [-0.15, -0.1) is 17.9 Å². The van der Waals surface area contributed by atoms with E-state index >= 15 is 0 Å². The third-order valence-electron chi connectivity index (χ3n) is 4.26. The maximum Gasteiger partial charge on any atom is 0.253 e. The molecule has 1 atom stereocenters. The van der Waals surface area contributed by atoms with E-state index in [1.165, 1.54) is 35.9 Å². The average molecular weight is 475 g/mol. The molecule has 0 aliphatic rings. The van der Waals surface area contributed by atoms with Crippen LogP contribution in [0.25, 0.3) is 11.3 Å². The summed E-state index contributed by atoms with van der Waals surface area (Å²) in [7, 11) is -3.52. The predicted octanol–water partition coefficient (Wildman–Crippen LogP) is 2.36. The third-order valence-corrected chi connectivity index (χ3v) is 6.01. The number of benzene rings is 1. The zero-order valence-corrected chi connectivity index (χ0v) is 18.9. The Morgan fingerprint density at radius 1 is 1.28 bits per heavy atom. The summed E-state index contributed by atoms with van der Waals surface area (Å²) >= 11 is 1.26. The first-order valence-corrected chi connectivity index (χ1v) is 12.2. The average Bonchev–Trinajstić information content (AvgIpc) is 3.43. The lowest BCUT2D eigenvalue weighted by atomic mass is 10.2. The number of amides is 2. The van der Waals surface area contributed by atoms with E-state index in [4.69, 9.17) is 4.74 Å². The van der Waals surface area contributed by atoms with Crippen LogP contribution in [-0.4, -0.2) is 54.7 Å². The van der Waals surface area contributed by atoms with Crippen LogP contribution in [0.1, 0.15) is 10.4 Å². The van der Waals surface area contributed by atoms with Gasteiger partial charge in [0, 0.05) is 23.3 Å². The molecule has 3 rings (SSSR count). The van der Waals surface area contributed by atoms with E-state index in [0.717, 1.165) is 21.5 Å². The molecule has 168 valence electrons. The van der Waals surface area contributed by atoms with Crippen LogP contribution < -0.4 is 10.6 Å². The zero-order chi connectivity index (χ0) is 23.1. The summed E-state index contributed by atoms with van der Waals surface area (Å²) in [5, 5.41) is 7.46. The van der Waals surface area contributed by atoms with Crippen LogP contribution in [0.4, 0.5) is 5.13 Å². The quantitative estimate of drug-likeness (QED) is 0.344. The number of hydrogen-bond donors (Lipinski definition) is 2. The van der Waals surface area contributed by atoms with Gasteiger partial charge in [0.25, 0.3) is 11.8 Å². The fraction of sp³-hybridized carbons (Fsp3) is 0.190. The standard InChI is InChI=1S/C21H22N4O5S2/c1-3-11-30-13-17(22-19(26)16-9-10-25(12-16)32(2,28)29)20(27)24-21-23-18(14-31-21)15-7-5-4-6-8-15/h3-10,12,14,17H,1,11,13H2,2H3,(H,22,26)(H,23,24,27)/t17-/m0/s1. The number of rotatable bonds is 10. The lowest BCUT2D eigenvalue weighted by Gasteiger charge is -2.17. The number of aromatic nitrogens is 2. The Morgan fingerprint density at radius 3 is 2.69 bits per heavy atom. The highest BCUT2D eigenvalue weighted by molar-refractivity contribution is 7.89. The van der Waals surface area contributed by atoms with Gasteiger partial charge in [0.05, 0.1) is 30.7 Å². The first kappa shape index (κ1) is 23.4. The van der Waals surface area contributed by atoms with Crippen molar-refractivity contribution in [1.82, 2.24) is 14.3 Å². The Hall–Kier alpha value is -3.28. The minimum absolute atomic E-state index is 0.0950. The van der Waals surface area contributed by atoms with Gasteiger partial charge in [-0.25, -0.2) is 13.4 Å². The molecule has 3 aromatic rings. The first-order chi connectivity index (χ1) is 15.3. The van der Waals surface area contributed by atoms with Crippen LogP contribution in [0.5, 0.6) is 0 Å². The largest absolute Gasteiger partial charge is 0.375 e. The molecular weight excluding hydrogens is 452 g/mol. The van der Waals surface area contributed by atoms with E-state index in [1.807, 2.05) is 35.7 Å². The molecule has 2 aromatic heterocycles. The number of carbonyl (C=O) groups excluding carboxylic acids is 2. The number of nitrogens with zero attached hydrogens (tertiary/aromatic N) is 2. The molecule has 2 amide bonds. The monoisotopic (exact) mass is 474 g/mol. The smallest absolute Gasteiger partial charge is 0.253 e. The van der Waals surface area contributed by atoms with Crippen molar-refractivity contribution in [3.8, 4) is 11.3 Å². The second kappa shape index (κ2) is 10.4. The lowest BCUT2D eigenvalue weighted by Crippen LogP contribution is -2.46. The summed E-state index contributed by atoms with van der Waals surface area (Å²) < 4.78 is 29.5. The maximum atomic E-state index is 12.8. The molecule has 0 radical (unpaired) electrons. The van der Waals surface area contributed by atoms with Gasteiger partial charge in [0.15, 0.2) is 5.13 Å². The fourth-order valence-corrected chi connectivity index (χ4v) is 3.99. The predicted molar refractivity (Wildman–Crippen MR) is 123 cm³/mol. The molecule has 0 aliphatic carbocycles. The van der Waals surface area contributed by atoms with Crippen molar-refractivity contribution in [2.75, 3.05) is 24.8 Å². The Balaban J connectivity index is 1.71. The molecule has 0 saturated carbocycles. The van der Waals surface area contributed by atoms with Crippen molar-refractivity contribution in [1.29, 1.82) is 0 Å². The second-order valence-corrected chi connectivity index (χ2v) is 9.48. The van der Waals surface area contributed by atoms with Crippen LogP contribution in [0.3, 0.4) is 0 Å². The van der Waals surface area contributed by atoms with Crippen LogP contribution in [0.15, 0.2) is 66.8 Å². The van der Waals surface area contributed by atoms with Crippen molar-refractivity contribution in [2.24, 2.45) is 0 Å². The molecule has 0 spiro atoms. The van der Waals surface area contributed by atoms with Crippen LogP contribution in [-0.2, 0) is 19.6 Å². The summed E-state index contributed by atoms with van der Waals surface area (Å²) in [5.41, 5.74) is 1.73. The zero-order valence-electron chi connectivity index (χ0n) is 17.2. The molecular formula is C21H22N4O5S2. The number of hydrogen-bond acceptors (Lipinski definition) is 7. The Bertz CT molecular complexity index is 1200. The van der Waals surface area contributed by atoms with Gasteiger partial charge in [0.2, 0.25) is 10.0 Å². The summed E-state index contributed by atoms with van der Waals surface area (Å²) in [6.07, 6.45) is 4.98. The summed E-state index contributed by atoms with van der Waals surface area (Å²) in [6, 6.07) is 9.83. The normalized spacial score (nSPS) is 12.2. The molecule has 9 nitrogen and oxygen atoms in total. The third kappa shape index (κ3) is 6.13. The number of anilines is 1. The van der Waals surface area contributed by atoms with Gasteiger partial charge < -0.3 is 15.4 Å². The molecule has 0 bridgehead atoms. The highest BCUT2D eigenvalue weighted by Gasteiger charge is 2.24. The molecule has 1 aromatic carbocycles. The summed E-state index contributed by atoms with van der Waals surface area (Å²) in [5.74, 6) is -1.13. The number of carbonyl (C=O) groups is 2. The van der Waals surface area contributed by atoms with Gasteiger partial charge >= 0.3 is 0 Å².